The van der Waals surface area contributed by atoms with Crippen molar-refractivity contribution in [1.82, 2.24) is 10.6 Å². The lowest BCUT2D eigenvalue weighted by atomic mass is 9.82. The zero-order valence-electron chi connectivity index (χ0n) is 17.3. The fourth-order valence-corrected chi connectivity index (χ4v) is 4.11. The van der Waals surface area contributed by atoms with Gasteiger partial charge in [0.2, 0.25) is 0 Å². The van der Waals surface area contributed by atoms with E-state index in [2.05, 4.69) is 41.8 Å². The molecule has 0 radical (unpaired) electrons. The molecule has 0 unspecified atom stereocenters. The molecule has 152 valence electrons. The van der Waals surface area contributed by atoms with E-state index < -0.39 is 0 Å². The van der Waals surface area contributed by atoms with Crippen molar-refractivity contribution in [2.45, 2.75) is 25.9 Å². The van der Waals surface area contributed by atoms with Crippen molar-refractivity contribution in [2.24, 2.45) is 11.8 Å². The Balaban J connectivity index is 1.70. The van der Waals surface area contributed by atoms with Gasteiger partial charge in [0.15, 0.2) is 11.5 Å². The van der Waals surface area contributed by atoms with Crippen LogP contribution in [0.25, 0.3) is 0 Å². The van der Waals surface area contributed by atoms with Gasteiger partial charge in [0.1, 0.15) is 5.75 Å². The molecule has 3 atom stereocenters. The first-order chi connectivity index (χ1) is 13.7. The quantitative estimate of drug-likeness (QED) is 0.725. The van der Waals surface area contributed by atoms with Crippen molar-refractivity contribution in [3.63, 3.8) is 0 Å². The van der Waals surface area contributed by atoms with Crippen molar-refractivity contribution in [3.8, 4) is 17.2 Å². The van der Waals surface area contributed by atoms with E-state index in [-0.39, 0.29) is 0 Å². The monoisotopic (exact) mass is 384 g/mol. The fourth-order valence-electron chi connectivity index (χ4n) is 4.11. The first-order valence-corrected chi connectivity index (χ1v) is 9.94. The number of benzene rings is 2. The maximum absolute atomic E-state index is 5.51. The topological polar surface area (TPSA) is 51.8 Å². The van der Waals surface area contributed by atoms with Crippen LogP contribution in [0, 0.1) is 11.8 Å². The van der Waals surface area contributed by atoms with Crippen molar-refractivity contribution < 1.29 is 14.2 Å². The second-order valence-electron chi connectivity index (χ2n) is 7.54. The molecule has 3 rings (SSSR count). The molecule has 1 saturated heterocycles. The van der Waals surface area contributed by atoms with Crippen LogP contribution >= 0.6 is 0 Å². The van der Waals surface area contributed by atoms with Crippen LogP contribution in [-0.4, -0.2) is 34.4 Å². The van der Waals surface area contributed by atoms with E-state index in [0.717, 1.165) is 36.9 Å². The second kappa shape index (κ2) is 9.80. The molecule has 2 aromatic rings. The molecular formula is C23H32N2O3. The molecule has 0 aliphatic carbocycles. The lowest BCUT2D eigenvalue weighted by molar-refractivity contribution is 0.222. The van der Waals surface area contributed by atoms with Gasteiger partial charge in [-0.2, -0.15) is 0 Å². The van der Waals surface area contributed by atoms with Gasteiger partial charge in [0, 0.05) is 24.7 Å². The van der Waals surface area contributed by atoms with Gasteiger partial charge in [0.05, 0.1) is 21.3 Å². The summed E-state index contributed by atoms with van der Waals surface area (Å²) in [5.74, 6) is 3.63. The van der Waals surface area contributed by atoms with Crippen LogP contribution in [0.3, 0.4) is 0 Å². The third-order valence-electron chi connectivity index (χ3n) is 5.54. The number of methoxy groups -OCH3 is 3. The summed E-state index contributed by atoms with van der Waals surface area (Å²) < 4.78 is 16.4. The van der Waals surface area contributed by atoms with Crippen LogP contribution in [0.1, 0.15) is 30.5 Å². The number of para-hydroxylation sites is 1. The Kier molecular flexibility index (Phi) is 7.18. The minimum atomic E-state index is 0.293. The van der Waals surface area contributed by atoms with Crippen LogP contribution in [-0.2, 0) is 6.54 Å². The molecule has 2 N–H and O–H groups in total. The zero-order valence-corrected chi connectivity index (χ0v) is 17.3. The van der Waals surface area contributed by atoms with Crippen LogP contribution < -0.4 is 24.8 Å². The van der Waals surface area contributed by atoms with Gasteiger partial charge in [0.25, 0.3) is 0 Å². The third-order valence-corrected chi connectivity index (χ3v) is 5.54. The van der Waals surface area contributed by atoms with E-state index in [9.17, 15) is 0 Å². The summed E-state index contributed by atoms with van der Waals surface area (Å²) in [6.07, 6.45) is 1.19. The van der Waals surface area contributed by atoms with Crippen molar-refractivity contribution in [1.29, 1.82) is 0 Å². The molecule has 0 spiro atoms. The van der Waals surface area contributed by atoms with Gasteiger partial charge in [-0.25, -0.2) is 0 Å². The van der Waals surface area contributed by atoms with E-state index >= 15 is 0 Å². The predicted octanol–water partition coefficient (Wildman–Crippen LogP) is 3.79. The van der Waals surface area contributed by atoms with Gasteiger partial charge in [-0.15, -0.1) is 0 Å². The lowest BCUT2D eigenvalue weighted by Gasteiger charge is -2.36. The Morgan fingerprint density at radius 2 is 1.71 bits per heavy atom. The zero-order chi connectivity index (χ0) is 19.9. The Morgan fingerprint density at radius 1 is 0.964 bits per heavy atom. The van der Waals surface area contributed by atoms with Crippen molar-refractivity contribution in [2.75, 3.05) is 34.4 Å². The number of ether oxygens (including phenoxy) is 3. The predicted molar refractivity (Wildman–Crippen MR) is 112 cm³/mol. The first-order valence-electron chi connectivity index (χ1n) is 9.94. The smallest absolute Gasteiger partial charge is 0.161 e. The highest BCUT2D eigenvalue weighted by atomic mass is 16.5. The molecule has 1 aliphatic heterocycles. The summed E-state index contributed by atoms with van der Waals surface area (Å²) >= 11 is 0. The van der Waals surface area contributed by atoms with Crippen LogP contribution in [0.5, 0.6) is 17.2 Å². The number of hydrogen-bond acceptors (Lipinski definition) is 5. The highest BCUT2D eigenvalue weighted by Crippen LogP contribution is 2.36. The molecule has 0 bridgehead atoms. The van der Waals surface area contributed by atoms with Gasteiger partial charge < -0.3 is 24.8 Å². The van der Waals surface area contributed by atoms with Crippen molar-refractivity contribution in [3.05, 3.63) is 53.6 Å². The normalized spacial score (nSPS) is 21.9. The number of rotatable bonds is 8. The highest BCUT2D eigenvalue weighted by Gasteiger charge is 2.29. The van der Waals surface area contributed by atoms with E-state index in [1.807, 2.05) is 18.2 Å². The molecule has 5 heteroatoms. The van der Waals surface area contributed by atoms with Gasteiger partial charge in [-0.3, -0.25) is 0 Å². The molecule has 0 saturated carbocycles. The third kappa shape index (κ3) is 4.78. The van der Waals surface area contributed by atoms with E-state index in [1.165, 1.54) is 17.5 Å². The summed E-state index contributed by atoms with van der Waals surface area (Å²) in [7, 11) is 5.07. The summed E-state index contributed by atoms with van der Waals surface area (Å²) in [5.41, 5.74) is 2.43. The fraction of sp³-hybridized carbons (Fsp3) is 0.478. The average Bonchev–Trinajstić information content (AvgIpc) is 2.73. The number of hydrogen-bond donors (Lipinski definition) is 2. The number of piperidine rings is 1. The molecule has 1 fully saturated rings. The standard InChI is InChI=1S/C23H32N2O3/c1-16-11-19(15-24-14-18-7-5-6-8-20(18)26-2)23(25-13-16)17-9-10-21(27-3)22(12-17)28-4/h5-10,12,16,19,23-25H,11,13-15H2,1-4H3/t16-,19-,23+/m0/s1. The average molecular weight is 385 g/mol. The summed E-state index contributed by atoms with van der Waals surface area (Å²) in [4.78, 5) is 0. The van der Waals surface area contributed by atoms with Gasteiger partial charge in [-0.1, -0.05) is 31.2 Å². The Morgan fingerprint density at radius 3 is 2.46 bits per heavy atom. The largest absolute Gasteiger partial charge is 0.496 e. The van der Waals surface area contributed by atoms with E-state index in [0.29, 0.717) is 17.9 Å². The van der Waals surface area contributed by atoms with Gasteiger partial charge in [-0.05, 0) is 48.6 Å². The Labute approximate surface area is 168 Å². The lowest BCUT2D eigenvalue weighted by Crippen LogP contribution is -2.42. The van der Waals surface area contributed by atoms with Crippen molar-refractivity contribution >= 4 is 0 Å². The van der Waals surface area contributed by atoms with E-state index in [1.54, 1.807) is 21.3 Å². The summed E-state index contributed by atoms with van der Waals surface area (Å²) in [5, 5.41) is 7.38. The molecule has 28 heavy (non-hydrogen) atoms. The Bertz CT molecular complexity index is 765. The molecule has 0 aromatic heterocycles. The molecular weight excluding hydrogens is 352 g/mol. The maximum Gasteiger partial charge on any atom is 0.161 e. The first kappa shape index (κ1) is 20.5. The second-order valence-corrected chi connectivity index (χ2v) is 7.54. The van der Waals surface area contributed by atoms with Crippen LogP contribution in [0.2, 0.25) is 0 Å². The van der Waals surface area contributed by atoms with E-state index in [4.69, 9.17) is 14.2 Å². The Hall–Kier alpha value is -2.24. The molecule has 5 nitrogen and oxygen atoms in total. The highest BCUT2D eigenvalue weighted by molar-refractivity contribution is 5.44. The maximum atomic E-state index is 5.51. The van der Waals surface area contributed by atoms with Gasteiger partial charge >= 0.3 is 0 Å². The number of nitrogens with one attached hydrogen (secondary N) is 2. The molecule has 0 amide bonds. The SMILES string of the molecule is COc1ccccc1CNC[C@@H]1C[C@H](C)CN[C@@H]1c1ccc(OC)c(OC)c1. The minimum Gasteiger partial charge on any atom is -0.496 e. The van der Waals surface area contributed by atoms with Crippen LogP contribution in [0.4, 0.5) is 0 Å². The summed E-state index contributed by atoms with van der Waals surface area (Å²) in [6.45, 7) is 5.08. The minimum absolute atomic E-state index is 0.293. The summed E-state index contributed by atoms with van der Waals surface area (Å²) in [6, 6.07) is 14.7. The molecule has 1 heterocycles. The molecule has 1 aliphatic rings. The molecule has 2 aromatic carbocycles. The van der Waals surface area contributed by atoms with Crippen LogP contribution in [0.15, 0.2) is 42.5 Å².